The van der Waals surface area contributed by atoms with Crippen LogP contribution in [0.5, 0.6) is 11.5 Å². The zero-order valence-electron chi connectivity index (χ0n) is 12.2. The highest BCUT2D eigenvalue weighted by atomic mass is 35.5. The van der Waals surface area contributed by atoms with Gasteiger partial charge in [-0.3, -0.25) is 4.79 Å². The number of halogens is 1. The molecule has 2 N–H and O–H groups in total. The molecule has 0 aliphatic carbocycles. The molecule has 6 heteroatoms. The Kier molecular flexibility index (Phi) is 4.04. The number of methoxy groups -OCH3 is 1. The second kappa shape index (κ2) is 6.14. The predicted molar refractivity (Wildman–Crippen MR) is 89.4 cm³/mol. The third-order valence-corrected chi connectivity index (χ3v) is 3.64. The number of aromatic hydroxyl groups is 1. The Bertz CT molecular complexity index is 896. The van der Waals surface area contributed by atoms with E-state index in [0.29, 0.717) is 22.0 Å². The number of benzene rings is 2. The number of anilines is 1. The molecule has 0 spiro atoms. The van der Waals surface area contributed by atoms with Gasteiger partial charge in [0, 0.05) is 11.1 Å². The number of amides is 1. The normalized spacial score (nSPS) is 10.5. The van der Waals surface area contributed by atoms with Gasteiger partial charge >= 0.3 is 0 Å². The number of carbonyl (C=O) groups is 1. The van der Waals surface area contributed by atoms with Crippen molar-refractivity contribution < 1.29 is 14.6 Å². The first kappa shape index (κ1) is 15.1. The maximum atomic E-state index is 12.3. The van der Waals surface area contributed by atoms with E-state index in [4.69, 9.17) is 16.3 Å². The van der Waals surface area contributed by atoms with Crippen molar-refractivity contribution in [3.05, 3.63) is 59.2 Å². The molecule has 3 aromatic rings. The zero-order valence-corrected chi connectivity index (χ0v) is 13.0. The number of nitrogens with one attached hydrogen (secondary N) is 1. The van der Waals surface area contributed by atoms with Gasteiger partial charge in [-0.25, -0.2) is 4.98 Å². The van der Waals surface area contributed by atoms with E-state index in [0.717, 1.165) is 5.39 Å². The van der Waals surface area contributed by atoms with Crippen LogP contribution in [0.1, 0.15) is 10.5 Å². The summed E-state index contributed by atoms with van der Waals surface area (Å²) < 4.78 is 5.07. The van der Waals surface area contributed by atoms with Gasteiger partial charge in [-0.15, -0.1) is 0 Å². The molecule has 0 unspecified atom stereocenters. The molecule has 0 aliphatic heterocycles. The molecule has 0 fully saturated rings. The van der Waals surface area contributed by atoms with E-state index >= 15 is 0 Å². The summed E-state index contributed by atoms with van der Waals surface area (Å²) in [6.07, 6.45) is 0. The van der Waals surface area contributed by atoms with Gasteiger partial charge in [0.15, 0.2) is 0 Å². The lowest BCUT2D eigenvalue weighted by atomic mass is 10.2. The first-order valence-corrected chi connectivity index (χ1v) is 7.20. The number of fused-ring (bicyclic) bond motifs is 1. The molecule has 0 bridgehead atoms. The smallest absolute Gasteiger partial charge is 0.274 e. The summed E-state index contributed by atoms with van der Waals surface area (Å²) in [6, 6.07) is 13.3. The zero-order chi connectivity index (χ0) is 16.4. The van der Waals surface area contributed by atoms with E-state index in [1.165, 1.54) is 13.2 Å². The van der Waals surface area contributed by atoms with E-state index < -0.39 is 5.91 Å². The molecule has 3 rings (SSSR count). The van der Waals surface area contributed by atoms with Crippen molar-refractivity contribution in [3.8, 4) is 11.5 Å². The van der Waals surface area contributed by atoms with Crippen molar-refractivity contribution in [1.29, 1.82) is 0 Å². The summed E-state index contributed by atoms with van der Waals surface area (Å²) in [4.78, 5) is 16.5. The molecule has 0 atom stereocenters. The van der Waals surface area contributed by atoms with Gasteiger partial charge in [-0.1, -0.05) is 29.8 Å². The van der Waals surface area contributed by atoms with Crippen LogP contribution < -0.4 is 10.1 Å². The van der Waals surface area contributed by atoms with Crippen molar-refractivity contribution in [3.63, 3.8) is 0 Å². The largest absolute Gasteiger partial charge is 0.506 e. The Morgan fingerprint density at radius 2 is 2.04 bits per heavy atom. The van der Waals surface area contributed by atoms with Crippen LogP contribution in [-0.2, 0) is 0 Å². The molecule has 2 aromatic carbocycles. The Balaban J connectivity index is 1.88. The van der Waals surface area contributed by atoms with Gasteiger partial charge in [-0.05, 0) is 30.3 Å². The lowest BCUT2D eigenvalue weighted by Crippen LogP contribution is -2.13. The highest BCUT2D eigenvalue weighted by molar-refractivity contribution is 6.32. The summed E-state index contributed by atoms with van der Waals surface area (Å²) in [5.41, 5.74) is 1.11. The van der Waals surface area contributed by atoms with E-state index in [-0.39, 0.29) is 11.4 Å². The topological polar surface area (TPSA) is 71.5 Å². The van der Waals surface area contributed by atoms with Gasteiger partial charge in [-0.2, -0.15) is 0 Å². The number of phenols is 1. The van der Waals surface area contributed by atoms with Crippen molar-refractivity contribution in [1.82, 2.24) is 4.98 Å². The summed E-state index contributed by atoms with van der Waals surface area (Å²) in [5, 5.41) is 13.7. The van der Waals surface area contributed by atoms with Crippen LogP contribution in [0.3, 0.4) is 0 Å². The van der Waals surface area contributed by atoms with Crippen molar-refractivity contribution in [2.24, 2.45) is 0 Å². The van der Waals surface area contributed by atoms with Gasteiger partial charge in [0.05, 0.1) is 12.1 Å². The average molecular weight is 329 g/mol. The highest BCUT2D eigenvalue weighted by Gasteiger charge is 2.11. The lowest BCUT2D eigenvalue weighted by Gasteiger charge is -2.08. The number of nitrogens with zero attached hydrogens (tertiary/aromatic N) is 1. The molecule has 0 aliphatic rings. The van der Waals surface area contributed by atoms with Crippen LogP contribution in [0.2, 0.25) is 5.02 Å². The molecular weight excluding hydrogens is 316 g/mol. The van der Waals surface area contributed by atoms with Gasteiger partial charge < -0.3 is 15.2 Å². The summed E-state index contributed by atoms with van der Waals surface area (Å²) in [6.45, 7) is 0. The van der Waals surface area contributed by atoms with Crippen LogP contribution in [0.4, 0.5) is 5.69 Å². The van der Waals surface area contributed by atoms with Crippen LogP contribution in [-0.4, -0.2) is 23.1 Å². The number of rotatable bonds is 3. The van der Waals surface area contributed by atoms with Crippen LogP contribution in [0.15, 0.2) is 48.5 Å². The maximum Gasteiger partial charge on any atom is 0.274 e. The summed E-state index contributed by atoms with van der Waals surface area (Å²) in [7, 11) is 1.52. The molecule has 116 valence electrons. The number of hydrogen-bond donors (Lipinski definition) is 2. The fraction of sp³-hybridized carbons (Fsp3) is 0.0588. The molecule has 0 radical (unpaired) electrons. The molecule has 5 nitrogen and oxygen atoms in total. The minimum Gasteiger partial charge on any atom is -0.506 e. The number of para-hydroxylation sites is 1. The van der Waals surface area contributed by atoms with E-state index in [2.05, 4.69) is 10.3 Å². The predicted octanol–water partition coefficient (Wildman–Crippen LogP) is 3.85. The molecule has 1 aromatic heterocycles. The van der Waals surface area contributed by atoms with Crippen molar-refractivity contribution in [2.75, 3.05) is 12.4 Å². The number of ether oxygens (including phenoxy) is 1. The first-order valence-electron chi connectivity index (χ1n) is 6.82. The third-order valence-electron chi connectivity index (χ3n) is 3.34. The number of phenolic OH excluding ortho intramolecular Hbond substituents is 1. The second-order valence-electron chi connectivity index (χ2n) is 4.85. The van der Waals surface area contributed by atoms with Gasteiger partial charge in [0.25, 0.3) is 5.91 Å². The van der Waals surface area contributed by atoms with E-state index in [9.17, 15) is 9.90 Å². The standard InChI is InChI=1S/C17H13ClN2O3/c1-23-15-8-6-11(9-12(15)18)19-17(22)13-7-5-10-3-2-4-14(21)16(10)20-13/h2-9,21H,1H3,(H,19,22). The first-order chi connectivity index (χ1) is 11.1. The Labute approximate surface area is 137 Å². The monoisotopic (exact) mass is 328 g/mol. The minimum absolute atomic E-state index is 0.0321. The van der Waals surface area contributed by atoms with Crippen molar-refractivity contribution in [2.45, 2.75) is 0 Å². The quantitative estimate of drug-likeness (QED) is 0.766. The molecule has 0 saturated carbocycles. The van der Waals surface area contributed by atoms with Crippen LogP contribution in [0.25, 0.3) is 10.9 Å². The minimum atomic E-state index is -0.392. The highest BCUT2D eigenvalue weighted by Crippen LogP contribution is 2.27. The molecular formula is C17H13ClN2O3. The number of aromatic nitrogens is 1. The van der Waals surface area contributed by atoms with Crippen molar-refractivity contribution >= 4 is 34.1 Å². The average Bonchev–Trinajstić information content (AvgIpc) is 2.55. The lowest BCUT2D eigenvalue weighted by molar-refractivity contribution is 0.102. The molecule has 23 heavy (non-hydrogen) atoms. The Morgan fingerprint density at radius 3 is 2.78 bits per heavy atom. The van der Waals surface area contributed by atoms with Gasteiger partial charge in [0.1, 0.15) is 22.7 Å². The second-order valence-corrected chi connectivity index (χ2v) is 5.26. The van der Waals surface area contributed by atoms with Gasteiger partial charge in [0.2, 0.25) is 0 Å². The third kappa shape index (κ3) is 3.05. The van der Waals surface area contributed by atoms with E-state index in [1.807, 2.05) is 6.07 Å². The Morgan fingerprint density at radius 1 is 1.22 bits per heavy atom. The fourth-order valence-corrected chi connectivity index (χ4v) is 2.45. The Hall–Kier alpha value is -2.79. The molecule has 1 heterocycles. The molecule has 0 saturated heterocycles. The van der Waals surface area contributed by atoms with Crippen LogP contribution in [0, 0.1) is 0 Å². The number of pyridine rings is 1. The number of carbonyl (C=O) groups excluding carboxylic acids is 1. The summed E-state index contributed by atoms with van der Waals surface area (Å²) >= 11 is 6.03. The summed E-state index contributed by atoms with van der Waals surface area (Å²) in [5.74, 6) is 0.166. The fourth-order valence-electron chi connectivity index (χ4n) is 2.20. The molecule has 1 amide bonds. The maximum absolute atomic E-state index is 12.3. The number of hydrogen-bond acceptors (Lipinski definition) is 4. The van der Waals surface area contributed by atoms with Crippen LogP contribution >= 0.6 is 11.6 Å². The SMILES string of the molecule is COc1ccc(NC(=O)c2ccc3cccc(O)c3n2)cc1Cl. The van der Waals surface area contributed by atoms with E-state index in [1.54, 1.807) is 36.4 Å².